The Kier molecular flexibility index (Phi) is 6.22. The molecule has 0 amide bonds. The van der Waals surface area contributed by atoms with Crippen LogP contribution in [0.3, 0.4) is 0 Å². The fraction of sp³-hybridized carbons (Fsp3) is 0.462. The van der Waals surface area contributed by atoms with Crippen molar-refractivity contribution < 1.29 is 18.3 Å². The van der Waals surface area contributed by atoms with Crippen molar-refractivity contribution in [3.8, 4) is 0 Å². The van der Waals surface area contributed by atoms with E-state index in [1.807, 2.05) is 0 Å². The SMILES string of the molecule is CC(C)(CCC(=O)O)NS(=O)(=O)Cc1ccc(Cl)cc1Br. The third-order valence-electron chi connectivity index (χ3n) is 2.76. The number of benzene rings is 1. The number of aliphatic carboxylic acids is 1. The Hall–Kier alpha value is -0.630. The van der Waals surface area contributed by atoms with Gasteiger partial charge in [0.15, 0.2) is 0 Å². The van der Waals surface area contributed by atoms with Crippen LogP contribution in [0.5, 0.6) is 0 Å². The number of hydrogen-bond donors (Lipinski definition) is 2. The molecule has 1 aromatic carbocycles. The second-order valence-electron chi connectivity index (χ2n) is 5.37. The molecule has 2 N–H and O–H groups in total. The number of sulfonamides is 1. The number of halogens is 2. The number of carboxylic acids is 1. The number of carboxylic acid groups (broad SMARTS) is 1. The van der Waals surface area contributed by atoms with Gasteiger partial charge in [0.1, 0.15) is 0 Å². The largest absolute Gasteiger partial charge is 0.481 e. The van der Waals surface area contributed by atoms with E-state index in [2.05, 4.69) is 20.7 Å². The lowest BCUT2D eigenvalue weighted by atomic mass is 10.0. The summed E-state index contributed by atoms with van der Waals surface area (Å²) < 4.78 is 27.5. The fourth-order valence-corrected chi connectivity index (χ4v) is 4.46. The van der Waals surface area contributed by atoms with E-state index in [1.165, 1.54) is 0 Å². The number of hydrogen-bond acceptors (Lipinski definition) is 3. The van der Waals surface area contributed by atoms with Gasteiger partial charge in [-0.05, 0) is 38.0 Å². The van der Waals surface area contributed by atoms with Crippen LogP contribution < -0.4 is 4.72 Å². The molecule has 8 heteroatoms. The van der Waals surface area contributed by atoms with Gasteiger partial charge in [-0.1, -0.05) is 33.6 Å². The molecule has 0 bridgehead atoms. The van der Waals surface area contributed by atoms with Crippen molar-refractivity contribution >= 4 is 43.5 Å². The molecule has 0 heterocycles. The van der Waals surface area contributed by atoms with Gasteiger partial charge < -0.3 is 5.11 Å². The Bertz CT molecular complexity index is 631. The first-order chi connectivity index (χ1) is 9.51. The average Bonchev–Trinajstić information content (AvgIpc) is 2.29. The van der Waals surface area contributed by atoms with Crippen LogP contribution in [0.1, 0.15) is 32.3 Å². The lowest BCUT2D eigenvalue weighted by Gasteiger charge is -2.25. The zero-order valence-electron chi connectivity index (χ0n) is 11.7. The van der Waals surface area contributed by atoms with E-state index in [-0.39, 0.29) is 18.6 Å². The average molecular weight is 399 g/mol. The van der Waals surface area contributed by atoms with Crippen LogP contribution >= 0.6 is 27.5 Å². The van der Waals surface area contributed by atoms with Crippen LogP contribution in [0, 0.1) is 0 Å². The normalized spacial score (nSPS) is 12.4. The summed E-state index contributed by atoms with van der Waals surface area (Å²) in [7, 11) is -3.59. The molecular weight excluding hydrogens is 382 g/mol. The highest BCUT2D eigenvalue weighted by Crippen LogP contribution is 2.24. The van der Waals surface area contributed by atoms with Crippen molar-refractivity contribution in [1.29, 1.82) is 0 Å². The van der Waals surface area contributed by atoms with Gasteiger partial charge in [0.05, 0.1) is 5.75 Å². The van der Waals surface area contributed by atoms with E-state index in [0.29, 0.717) is 15.1 Å². The quantitative estimate of drug-likeness (QED) is 0.739. The fourth-order valence-electron chi connectivity index (χ4n) is 1.77. The highest BCUT2D eigenvalue weighted by molar-refractivity contribution is 9.10. The highest BCUT2D eigenvalue weighted by Gasteiger charge is 2.26. The molecule has 5 nitrogen and oxygen atoms in total. The van der Waals surface area contributed by atoms with E-state index in [9.17, 15) is 13.2 Å². The summed E-state index contributed by atoms with van der Waals surface area (Å²) in [6, 6.07) is 4.88. The van der Waals surface area contributed by atoms with E-state index in [4.69, 9.17) is 16.7 Å². The summed E-state index contributed by atoms with van der Waals surface area (Å²) in [6.45, 7) is 3.31. The monoisotopic (exact) mass is 397 g/mol. The summed E-state index contributed by atoms with van der Waals surface area (Å²) >= 11 is 9.09. The maximum absolute atomic E-state index is 12.2. The molecule has 0 atom stereocenters. The molecule has 0 aromatic heterocycles. The minimum Gasteiger partial charge on any atom is -0.481 e. The summed E-state index contributed by atoms with van der Waals surface area (Å²) in [4.78, 5) is 10.6. The minimum absolute atomic E-state index is 0.0971. The molecule has 0 radical (unpaired) electrons. The van der Waals surface area contributed by atoms with Gasteiger partial charge in [-0.2, -0.15) is 0 Å². The molecule has 0 unspecified atom stereocenters. The maximum atomic E-state index is 12.2. The summed E-state index contributed by atoms with van der Waals surface area (Å²) in [5.74, 6) is -1.16. The maximum Gasteiger partial charge on any atom is 0.303 e. The van der Waals surface area contributed by atoms with Gasteiger partial charge in [-0.15, -0.1) is 0 Å². The van der Waals surface area contributed by atoms with E-state index >= 15 is 0 Å². The zero-order chi connectivity index (χ0) is 16.3. The van der Waals surface area contributed by atoms with Crippen molar-refractivity contribution in [2.75, 3.05) is 0 Å². The highest BCUT2D eigenvalue weighted by atomic mass is 79.9. The molecule has 1 rings (SSSR count). The van der Waals surface area contributed by atoms with Gasteiger partial charge in [-0.3, -0.25) is 4.79 Å². The number of nitrogens with one attached hydrogen (secondary N) is 1. The zero-order valence-corrected chi connectivity index (χ0v) is 14.8. The van der Waals surface area contributed by atoms with Crippen LogP contribution in [0.15, 0.2) is 22.7 Å². The van der Waals surface area contributed by atoms with E-state index in [1.54, 1.807) is 32.0 Å². The van der Waals surface area contributed by atoms with Crippen molar-refractivity contribution in [1.82, 2.24) is 4.72 Å². The molecule has 0 fully saturated rings. The Balaban J connectivity index is 2.79. The molecular formula is C13H17BrClNO4S. The topological polar surface area (TPSA) is 83.5 Å². The van der Waals surface area contributed by atoms with Crippen LogP contribution in [0.25, 0.3) is 0 Å². The minimum atomic E-state index is -3.59. The first kappa shape index (κ1) is 18.4. The van der Waals surface area contributed by atoms with Gasteiger partial charge in [-0.25, -0.2) is 13.1 Å². The van der Waals surface area contributed by atoms with Gasteiger partial charge in [0.25, 0.3) is 0 Å². The van der Waals surface area contributed by atoms with Crippen molar-refractivity contribution in [3.05, 3.63) is 33.3 Å². The van der Waals surface area contributed by atoms with Crippen molar-refractivity contribution in [2.24, 2.45) is 0 Å². The van der Waals surface area contributed by atoms with Gasteiger partial charge in [0, 0.05) is 21.5 Å². The Morgan fingerprint density at radius 1 is 1.43 bits per heavy atom. The molecule has 0 saturated carbocycles. The predicted molar refractivity (Wildman–Crippen MR) is 85.9 cm³/mol. The van der Waals surface area contributed by atoms with Gasteiger partial charge in [0.2, 0.25) is 10.0 Å². The molecule has 0 saturated heterocycles. The first-order valence-corrected chi connectivity index (χ1v) is 9.00. The second kappa shape index (κ2) is 7.09. The number of rotatable bonds is 7. The van der Waals surface area contributed by atoms with Gasteiger partial charge >= 0.3 is 5.97 Å². The Labute approximate surface area is 137 Å². The van der Waals surface area contributed by atoms with E-state index < -0.39 is 21.5 Å². The Morgan fingerprint density at radius 2 is 2.05 bits per heavy atom. The second-order valence-corrected chi connectivity index (χ2v) is 8.39. The standard InChI is InChI=1S/C13H17BrClNO4S/c1-13(2,6-5-12(17)18)16-21(19,20)8-9-3-4-10(15)7-11(9)14/h3-4,7,16H,5-6,8H2,1-2H3,(H,17,18). The van der Waals surface area contributed by atoms with E-state index in [0.717, 1.165) is 0 Å². The van der Waals surface area contributed by atoms with Crippen molar-refractivity contribution in [3.63, 3.8) is 0 Å². The van der Waals surface area contributed by atoms with Crippen LogP contribution in [0.4, 0.5) is 0 Å². The van der Waals surface area contributed by atoms with Crippen molar-refractivity contribution in [2.45, 2.75) is 38.0 Å². The molecule has 21 heavy (non-hydrogen) atoms. The smallest absolute Gasteiger partial charge is 0.303 e. The summed E-state index contributed by atoms with van der Waals surface area (Å²) in [5, 5.41) is 9.19. The molecule has 118 valence electrons. The third-order valence-corrected chi connectivity index (χ3v) is 5.28. The van der Waals surface area contributed by atoms with Crippen LogP contribution in [-0.4, -0.2) is 25.0 Å². The lowest BCUT2D eigenvalue weighted by Crippen LogP contribution is -2.44. The molecule has 1 aromatic rings. The summed E-state index contributed by atoms with van der Waals surface area (Å²) in [5.41, 5.74) is -0.239. The lowest BCUT2D eigenvalue weighted by molar-refractivity contribution is -0.137. The predicted octanol–water partition coefficient (Wildman–Crippen LogP) is 3.17. The molecule has 0 aliphatic heterocycles. The third kappa shape index (κ3) is 6.78. The molecule has 0 aliphatic rings. The molecule has 0 spiro atoms. The number of carbonyl (C=O) groups is 1. The van der Waals surface area contributed by atoms with Crippen LogP contribution in [0.2, 0.25) is 5.02 Å². The Morgan fingerprint density at radius 3 is 2.57 bits per heavy atom. The first-order valence-electron chi connectivity index (χ1n) is 6.18. The summed E-state index contributed by atoms with van der Waals surface area (Å²) in [6.07, 6.45) is 0.115. The van der Waals surface area contributed by atoms with Crippen LogP contribution in [-0.2, 0) is 20.6 Å². The molecule has 0 aliphatic carbocycles.